The van der Waals surface area contributed by atoms with Gasteiger partial charge in [0.2, 0.25) is 17.7 Å². The third-order valence-corrected chi connectivity index (χ3v) is 24.0. The average molecular weight is 1200 g/mol. The van der Waals surface area contributed by atoms with E-state index in [-0.39, 0.29) is 40.4 Å². The fraction of sp³-hybridized carbons (Fsp3) is 0.534. The second-order valence-electron chi connectivity index (χ2n) is 23.2. The third-order valence-electron chi connectivity index (χ3n) is 15.1. The van der Waals surface area contributed by atoms with Crippen LogP contribution in [0.4, 0.5) is 16.6 Å². The fourth-order valence-electron chi connectivity index (χ4n) is 8.79. The van der Waals surface area contributed by atoms with Crippen molar-refractivity contribution in [3.8, 4) is 11.3 Å². The number of carbonyl (C=O) groups is 3. The molecule has 80 heavy (non-hydrogen) atoms. The van der Waals surface area contributed by atoms with Gasteiger partial charge in [0.05, 0.1) is 28.5 Å². The summed E-state index contributed by atoms with van der Waals surface area (Å²) in [6.07, 6.45) is 4.28. The molecule has 3 aromatic carbocycles. The molecule has 0 atom stereocenters. The van der Waals surface area contributed by atoms with Gasteiger partial charge < -0.3 is 30.2 Å². The molecule has 3 amide bonds. The highest BCUT2D eigenvalue weighted by atomic mass is 35.5. The number of benzene rings is 3. The Bertz CT molecular complexity index is 3250. The number of halogens is 1. The predicted octanol–water partition coefficient (Wildman–Crippen LogP) is 10.4. The van der Waals surface area contributed by atoms with Crippen LogP contribution in [-0.4, -0.2) is 124 Å². The highest BCUT2D eigenvalue weighted by molar-refractivity contribution is 7.94. The van der Waals surface area contributed by atoms with Gasteiger partial charge in [-0.25, -0.2) is 35.2 Å². The van der Waals surface area contributed by atoms with Gasteiger partial charge in [-0.2, -0.15) is 0 Å². The Morgan fingerprint density at radius 1 is 0.537 bits per heavy atom. The van der Waals surface area contributed by atoms with E-state index in [1.165, 1.54) is 52.9 Å². The number of nitrogens with one attached hydrogen (secondary N) is 3. The van der Waals surface area contributed by atoms with Crippen LogP contribution in [0.2, 0.25) is 5.02 Å². The first-order chi connectivity index (χ1) is 37.4. The first kappa shape index (κ1) is 64.3. The van der Waals surface area contributed by atoms with Gasteiger partial charge in [-0.1, -0.05) is 74.8 Å². The summed E-state index contributed by atoms with van der Waals surface area (Å²) in [5.74, 6) is -1.12. The van der Waals surface area contributed by atoms with Crippen LogP contribution in [0.1, 0.15) is 106 Å². The first-order valence-corrected chi connectivity index (χ1v) is 33.2. The zero-order valence-electron chi connectivity index (χ0n) is 47.3. The maximum absolute atomic E-state index is 12.9. The van der Waals surface area contributed by atoms with E-state index >= 15 is 0 Å². The Morgan fingerprint density at radius 2 is 0.963 bits per heavy atom. The smallest absolute Gasteiger partial charge is 0.247 e. The summed E-state index contributed by atoms with van der Waals surface area (Å²) in [7, 11) is -10.8. The van der Waals surface area contributed by atoms with Crippen molar-refractivity contribution in [1.82, 2.24) is 9.97 Å². The minimum Gasteiger partial charge on any atom is -0.381 e. The number of pyridine rings is 1. The zero-order valence-corrected chi connectivity index (χ0v) is 51.3. The van der Waals surface area contributed by atoms with Crippen molar-refractivity contribution < 1.29 is 53.8 Å². The number of nitrogens with zero attached hydrogens (tertiary/aromatic N) is 2. The molecule has 0 bridgehead atoms. The van der Waals surface area contributed by atoms with Crippen molar-refractivity contribution in [2.75, 3.05) is 72.9 Å². The van der Waals surface area contributed by atoms with Gasteiger partial charge in [0.15, 0.2) is 34.6 Å². The van der Waals surface area contributed by atoms with Crippen molar-refractivity contribution in [2.24, 2.45) is 17.8 Å². The van der Waals surface area contributed by atoms with Crippen LogP contribution in [0.25, 0.3) is 22.2 Å². The van der Waals surface area contributed by atoms with Gasteiger partial charge in [0, 0.05) is 66.7 Å². The molecule has 2 aromatic heterocycles. The number of aromatic nitrogens is 2. The molecule has 3 aliphatic rings. The van der Waals surface area contributed by atoms with E-state index in [4.69, 9.17) is 25.8 Å². The Kier molecular flexibility index (Phi) is 21.7. The topological polar surface area (TPSA) is 243 Å². The first-order valence-electron chi connectivity index (χ1n) is 26.9. The van der Waals surface area contributed by atoms with Crippen molar-refractivity contribution >= 4 is 97.7 Å². The molecule has 5 heterocycles. The number of hydrogen-bond acceptors (Lipinski definition) is 15. The molecule has 0 aliphatic carbocycles. The van der Waals surface area contributed by atoms with E-state index in [1.54, 1.807) is 18.2 Å². The molecule has 0 spiro atoms. The maximum Gasteiger partial charge on any atom is 0.247 e. The van der Waals surface area contributed by atoms with Crippen LogP contribution in [0.15, 0.2) is 90.3 Å². The fourth-order valence-corrected chi connectivity index (χ4v) is 14.7. The molecule has 5 aromatic rings. The van der Waals surface area contributed by atoms with Crippen molar-refractivity contribution in [3.05, 3.63) is 101 Å². The molecule has 8 rings (SSSR count). The second kappa shape index (κ2) is 27.0. The summed E-state index contributed by atoms with van der Waals surface area (Å²) in [4.78, 5) is 46.9. The molecular formula is C58H78ClN5O12S4. The van der Waals surface area contributed by atoms with Gasteiger partial charge in [0.1, 0.15) is 20.1 Å². The Hall–Kier alpha value is -4.87. The number of hydrogen-bond donors (Lipinski definition) is 3. The molecule has 17 nitrogen and oxygen atoms in total. The summed E-state index contributed by atoms with van der Waals surface area (Å²) in [6, 6.07) is 25.8. The Labute approximate surface area is 481 Å². The largest absolute Gasteiger partial charge is 0.381 e. The van der Waals surface area contributed by atoms with Crippen molar-refractivity contribution in [3.63, 3.8) is 0 Å². The van der Waals surface area contributed by atoms with Crippen LogP contribution in [-0.2, 0) is 63.5 Å². The van der Waals surface area contributed by atoms with E-state index in [9.17, 15) is 39.6 Å². The number of sulfone groups is 3. The standard InChI is InChI=1S/C20H31NO4S.C19H23ClN2O4S2.C19H24N2O4S/c1-19(2,3)16-6-8-17(9-7-16)21-18(22)20(4,5)26(23,24)14-15-10-12-25-13-11-15;1-19(2,28(24,25)12-13-7-9-26-10-8-13)17(23)22-18-21-16(11-27-18)14-3-5-15(20)6-4-14;1-19(2,26(23,24)13-14-9-11-25-12-10-14)18(22)21-17-8-7-15-5-3-4-6-16(15)20-17/h6-9,15H,10-14H2,1-5H3,(H,21,22);3-6,11,13H,7-10,12H2,1-2H3,(H,21,22,23);3-8,14H,9-13H2,1-2H3,(H,20,21,22). The monoisotopic (exact) mass is 1200 g/mol. The molecule has 3 N–H and O–H groups in total. The van der Waals surface area contributed by atoms with E-state index in [2.05, 4.69) is 46.7 Å². The second-order valence-corrected chi connectivity index (χ2v) is 32.2. The lowest BCUT2D eigenvalue weighted by molar-refractivity contribution is -0.118. The number of rotatable bonds is 16. The zero-order chi connectivity index (χ0) is 58.7. The molecular weight excluding hydrogens is 1120 g/mol. The van der Waals surface area contributed by atoms with Crippen molar-refractivity contribution in [1.29, 1.82) is 0 Å². The van der Waals surface area contributed by atoms with E-state index < -0.39 is 61.5 Å². The van der Waals surface area contributed by atoms with Crippen LogP contribution < -0.4 is 16.0 Å². The summed E-state index contributed by atoms with van der Waals surface area (Å²) < 4.78 is 88.4. The lowest BCUT2D eigenvalue weighted by atomic mass is 9.87. The van der Waals surface area contributed by atoms with E-state index in [0.717, 1.165) is 34.9 Å². The number of amides is 3. The number of thiazole rings is 1. The van der Waals surface area contributed by atoms with Gasteiger partial charge in [-0.3, -0.25) is 14.4 Å². The highest BCUT2D eigenvalue weighted by Gasteiger charge is 2.45. The number of para-hydroxylation sites is 1. The number of ether oxygens (including phenoxy) is 3. The molecule has 22 heteroatoms. The number of carbonyl (C=O) groups excluding carboxylic acids is 3. The Morgan fingerprint density at radius 3 is 1.41 bits per heavy atom. The molecule has 0 radical (unpaired) electrons. The van der Waals surface area contributed by atoms with Gasteiger partial charge in [-0.15, -0.1) is 11.3 Å². The lowest BCUT2D eigenvalue weighted by Gasteiger charge is -2.28. The van der Waals surface area contributed by atoms with E-state index in [1.807, 2.05) is 72.1 Å². The normalized spacial score (nSPS) is 16.6. The summed E-state index contributed by atoms with van der Waals surface area (Å²) in [5, 5.41) is 11.8. The molecule has 0 saturated carbocycles. The van der Waals surface area contributed by atoms with Crippen LogP contribution in [0.3, 0.4) is 0 Å². The lowest BCUT2D eigenvalue weighted by Crippen LogP contribution is -2.47. The minimum atomic E-state index is -3.63. The molecule has 3 saturated heterocycles. The van der Waals surface area contributed by atoms with Crippen molar-refractivity contribution in [2.45, 2.75) is 120 Å². The number of fused-ring (bicyclic) bond motifs is 1. The summed E-state index contributed by atoms with van der Waals surface area (Å²) in [5.41, 5.74) is 4.09. The van der Waals surface area contributed by atoms with Crippen LogP contribution in [0, 0.1) is 17.8 Å². The molecule has 3 fully saturated rings. The molecule has 0 unspecified atom stereocenters. The third kappa shape index (κ3) is 16.9. The molecule has 3 aliphatic heterocycles. The quantitative estimate of drug-likeness (QED) is 0.0832. The molecule has 438 valence electrons. The summed E-state index contributed by atoms with van der Waals surface area (Å²) in [6.45, 7) is 18.6. The van der Waals surface area contributed by atoms with E-state index in [0.29, 0.717) is 92.7 Å². The number of anilines is 3. The van der Waals surface area contributed by atoms with Gasteiger partial charge in [-0.05, 0) is 151 Å². The predicted molar refractivity (Wildman–Crippen MR) is 320 cm³/mol. The van der Waals surface area contributed by atoms with Gasteiger partial charge in [0.25, 0.3) is 0 Å². The van der Waals surface area contributed by atoms with Crippen LogP contribution in [0.5, 0.6) is 0 Å². The maximum atomic E-state index is 12.9. The average Bonchev–Trinajstić information content (AvgIpc) is 3.96. The Balaban J connectivity index is 0.000000194. The summed E-state index contributed by atoms with van der Waals surface area (Å²) >= 11 is 7.15. The SMILES string of the molecule is CC(C)(C(=O)Nc1ccc2ccccc2n1)S(=O)(=O)CC1CCOCC1.CC(C)(C(=O)Nc1nc(-c2ccc(Cl)cc2)cs1)S(=O)(=O)CC1CCOCC1.CC(C)(C)c1ccc(NC(=O)C(C)(C)S(=O)(=O)CC2CCOCC2)cc1. The van der Waals surface area contributed by atoms with Crippen LogP contribution >= 0.6 is 22.9 Å². The minimum absolute atomic E-state index is 0.00191. The highest BCUT2D eigenvalue weighted by Crippen LogP contribution is 2.32. The van der Waals surface area contributed by atoms with Gasteiger partial charge >= 0.3 is 0 Å².